The molecule has 0 aliphatic heterocycles. The van der Waals surface area contributed by atoms with Crippen LogP contribution in [0.1, 0.15) is 0 Å². The van der Waals surface area contributed by atoms with Crippen molar-refractivity contribution in [2.24, 2.45) is 0 Å². The maximum atomic E-state index is 13.6. The standard InChI is InChI=1S/C12H3FN4O/c13-11-1-10(8(5-16)6-17)12(18)2-9(11)7(3-14)4-15/h1-2,18H. The molecule has 5 nitrogen and oxygen atoms in total. The zero-order chi connectivity index (χ0) is 13.7. The Morgan fingerprint density at radius 1 is 0.889 bits per heavy atom. The first-order valence-corrected chi connectivity index (χ1v) is 4.46. The minimum Gasteiger partial charge on any atom is -0.507 e. The Morgan fingerprint density at radius 3 is 1.78 bits per heavy atom. The van der Waals surface area contributed by atoms with E-state index < -0.39 is 22.7 Å². The molecule has 0 spiro atoms. The lowest BCUT2D eigenvalue weighted by atomic mass is 10.1. The quantitative estimate of drug-likeness (QED) is 0.679. The average Bonchev–Trinajstić information content (AvgIpc) is 2.37. The number of benzene rings is 1. The van der Waals surface area contributed by atoms with E-state index in [1.807, 2.05) is 0 Å². The van der Waals surface area contributed by atoms with E-state index in [1.165, 1.54) is 24.3 Å². The average molecular weight is 238 g/mol. The van der Waals surface area contributed by atoms with E-state index in [2.05, 4.69) is 0 Å². The second-order valence-corrected chi connectivity index (χ2v) is 3.05. The summed E-state index contributed by atoms with van der Waals surface area (Å²) >= 11 is 0. The van der Waals surface area contributed by atoms with Crippen LogP contribution >= 0.6 is 0 Å². The Hall–Kier alpha value is -3.35. The lowest BCUT2D eigenvalue weighted by Gasteiger charge is -1.96. The van der Waals surface area contributed by atoms with Crippen LogP contribution in [0.25, 0.3) is 11.1 Å². The molecule has 0 unspecified atom stereocenters. The van der Waals surface area contributed by atoms with Crippen LogP contribution in [-0.2, 0) is 0 Å². The van der Waals surface area contributed by atoms with E-state index in [0.29, 0.717) is 0 Å². The van der Waals surface area contributed by atoms with Crippen molar-refractivity contribution in [1.29, 1.82) is 21.0 Å². The summed E-state index contributed by atoms with van der Waals surface area (Å²) in [7, 11) is 0. The highest BCUT2D eigenvalue weighted by atomic mass is 19.1. The molecule has 6 heteroatoms. The van der Waals surface area contributed by atoms with Crippen molar-refractivity contribution >= 4 is 11.1 Å². The molecule has 0 atom stereocenters. The van der Waals surface area contributed by atoms with Crippen molar-refractivity contribution in [2.75, 3.05) is 0 Å². The number of phenolic OH excluding ortho intramolecular Hbond substituents is 1. The predicted octanol–water partition coefficient (Wildman–Crippen LogP) is -0.0730. The molecule has 0 fully saturated rings. The molecule has 0 saturated carbocycles. The fourth-order valence-corrected chi connectivity index (χ4v) is 1.24. The van der Waals surface area contributed by atoms with Gasteiger partial charge in [-0.3, -0.25) is 0 Å². The molecule has 1 rings (SSSR count). The molecule has 0 bridgehead atoms. The molecule has 0 amide bonds. The number of phenols is 1. The number of hydrogen-bond acceptors (Lipinski definition) is 5. The van der Waals surface area contributed by atoms with Gasteiger partial charge in [-0.2, -0.15) is 21.0 Å². The highest BCUT2D eigenvalue weighted by Crippen LogP contribution is 2.02. The van der Waals surface area contributed by atoms with Crippen molar-refractivity contribution in [3.05, 3.63) is 28.4 Å². The molecule has 0 aliphatic rings. The third kappa shape index (κ3) is 2.09. The molecule has 0 saturated heterocycles. The van der Waals surface area contributed by atoms with Gasteiger partial charge in [0.05, 0.1) is 0 Å². The number of nitriles is 4. The third-order valence-electron chi connectivity index (χ3n) is 2.07. The van der Waals surface area contributed by atoms with Gasteiger partial charge in [0, 0.05) is 10.4 Å². The Balaban J connectivity index is 3.96. The van der Waals surface area contributed by atoms with E-state index in [-0.39, 0.29) is 10.4 Å². The van der Waals surface area contributed by atoms with Gasteiger partial charge in [0.25, 0.3) is 0 Å². The van der Waals surface area contributed by atoms with Gasteiger partial charge < -0.3 is 5.11 Å². The molecule has 0 aromatic heterocycles. The van der Waals surface area contributed by atoms with Gasteiger partial charge in [-0.1, -0.05) is 0 Å². The van der Waals surface area contributed by atoms with E-state index in [4.69, 9.17) is 21.0 Å². The monoisotopic (exact) mass is 238 g/mol. The van der Waals surface area contributed by atoms with Crippen LogP contribution in [0.4, 0.5) is 4.39 Å². The lowest BCUT2D eigenvalue weighted by molar-refractivity contribution is 0.467. The normalized spacial score (nSPS) is 8.28. The van der Waals surface area contributed by atoms with Crippen molar-refractivity contribution < 1.29 is 9.50 Å². The topological polar surface area (TPSA) is 115 Å². The fourth-order valence-electron chi connectivity index (χ4n) is 1.24. The fraction of sp³-hybridized carbons (Fsp3) is 0. The van der Waals surface area contributed by atoms with Crippen molar-refractivity contribution in [1.82, 2.24) is 0 Å². The van der Waals surface area contributed by atoms with Gasteiger partial charge in [-0.05, 0) is 12.1 Å². The Kier molecular flexibility index (Phi) is 3.62. The van der Waals surface area contributed by atoms with Crippen LogP contribution in [0.5, 0.6) is 5.75 Å². The van der Waals surface area contributed by atoms with Crippen molar-refractivity contribution in [3.63, 3.8) is 0 Å². The third-order valence-corrected chi connectivity index (χ3v) is 2.07. The van der Waals surface area contributed by atoms with Crippen LogP contribution < -0.4 is 10.4 Å². The van der Waals surface area contributed by atoms with Gasteiger partial charge in [-0.15, -0.1) is 0 Å². The molecular formula is C12H3FN4O. The van der Waals surface area contributed by atoms with Crippen LogP contribution in [0, 0.1) is 51.1 Å². The van der Waals surface area contributed by atoms with Gasteiger partial charge in [-0.25, -0.2) is 4.39 Å². The molecule has 0 aliphatic carbocycles. The van der Waals surface area contributed by atoms with E-state index in [0.717, 1.165) is 12.1 Å². The second kappa shape index (κ2) is 5.12. The summed E-state index contributed by atoms with van der Waals surface area (Å²) in [6.07, 6.45) is 0. The molecular weight excluding hydrogens is 235 g/mol. The number of nitrogens with zero attached hydrogens (tertiary/aromatic N) is 4. The van der Waals surface area contributed by atoms with E-state index in [1.54, 1.807) is 0 Å². The summed E-state index contributed by atoms with van der Waals surface area (Å²) in [6.45, 7) is 0. The summed E-state index contributed by atoms with van der Waals surface area (Å²) in [5.74, 6) is -1.52. The SMILES string of the molecule is N#CC(C#N)=c1cc(F)c(=C(C#N)C#N)cc1O. The van der Waals surface area contributed by atoms with Gasteiger partial charge in [0.2, 0.25) is 0 Å². The summed E-state index contributed by atoms with van der Waals surface area (Å²) in [5, 5.41) is 43.3. The zero-order valence-electron chi connectivity index (χ0n) is 8.77. The molecule has 1 aromatic rings. The first-order chi connectivity index (χ1) is 8.58. The number of halogens is 1. The van der Waals surface area contributed by atoms with Gasteiger partial charge >= 0.3 is 0 Å². The maximum Gasteiger partial charge on any atom is 0.140 e. The van der Waals surface area contributed by atoms with E-state index >= 15 is 0 Å². The Labute approximate surface area is 101 Å². The van der Waals surface area contributed by atoms with Gasteiger partial charge in [0.1, 0.15) is 47.0 Å². The highest BCUT2D eigenvalue weighted by molar-refractivity contribution is 5.75. The van der Waals surface area contributed by atoms with Gasteiger partial charge in [0.15, 0.2) is 0 Å². The van der Waals surface area contributed by atoms with Crippen molar-refractivity contribution in [3.8, 4) is 30.0 Å². The Bertz CT molecular complexity index is 695. The summed E-state index contributed by atoms with van der Waals surface area (Å²) in [5.41, 5.74) is -0.974. The molecule has 1 aromatic carbocycles. The maximum absolute atomic E-state index is 13.6. The van der Waals surface area contributed by atoms with Crippen LogP contribution in [0.3, 0.4) is 0 Å². The van der Waals surface area contributed by atoms with E-state index in [9.17, 15) is 9.50 Å². The largest absolute Gasteiger partial charge is 0.507 e. The predicted molar refractivity (Wildman–Crippen MR) is 56.6 cm³/mol. The number of hydrogen-bond donors (Lipinski definition) is 1. The second-order valence-electron chi connectivity index (χ2n) is 3.05. The number of rotatable bonds is 0. The smallest absolute Gasteiger partial charge is 0.140 e. The molecule has 18 heavy (non-hydrogen) atoms. The highest BCUT2D eigenvalue weighted by Gasteiger charge is 2.07. The number of aromatic hydroxyl groups is 1. The van der Waals surface area contributed by atoms with Crippen LogP contribution in [-0.4, -0.2) is 5.11 Å². The van der Waals surface area contributed by atoms with Crippen LogP contribution in [0.2, 0.25) is 0 Å². The first kappa shape index (κ1) is 12.7. The lowest BCUT2D eigenvalue weighted by Crippen LogP contribution is -2.17. The van der Waals surface area contributed by atoms with Crippen LogP contribution in [0.15, 0.2) is 12.1 Å². The zero-order valence-corrected chi connectivity index (χ0v) is 8.77. The molecule has 0 heterocycles. The van der Waals surface area contributed by atoms with Crippen molar-refractivity contribution in [2.45, 2.75) is 0 Å². The molecule has 1 N–H and O–H groups in total. The molecule has 84 valence electrons. The summed E-state index contributed by atoms with van der Waals surface area (Å²) in [4.78, 5) is 0. The minimum absolute atomic E-state index is 0.281. The minimum atomic E-state index is -0.969. The summed E-state index contributed by atoms with van der Waals surface area (Å²) < 4.78 is 13.6. The molecule has 0 radical (unpaired) electrons. The Morgan fingerprint density at radius 2 is 1.33 bits per heavy atom. The first-order valence-electron chi connectivity index (χ1n) is 4.46. The summed E-state index contributed by atoms with van der Waals surface area (Å²) in [6, 6.07) is 7.54.